The van der Waals surface area contributed by atoms with Gasteiger partial charge in [-0.1, -0.05) is 12.2 Å². The molecule has 8 heavy (non-hydrogen) atoms. The summed E-state index contributed by atoms with van der Waals surface area (Å²) in [4.78, 5) is 0. The third kappa shape index (κ3) is 2.15. The van der Waals surface area contributed by atoms with E-state index >= 15 is 0 Å². The molecule has 1 radical (unpaired) electrons. The topological polar surface area (TPSA) is 0 Å². The van der Waals surface area contributed by atoms with Gasteiger partial charge in [0.25, 0.3) is 0 Å². The maximum atomic E-state index is 2.39. The van der Waals surface area contributed by atoms with Crippen molar-refractivity contribution in [3.05, 3.63) is 18.6 Å². The van der Waals surface area contributed by atoms with Crippen LogP contribution in [0.15, 0.2) is 12.2 Å². The first-order valence-electron chi connectivity index (χ1n) is 3.47. The molecule has 0 fully saturated rings. The van der Waals surface area contributed by atoms with E-state index in [4.69, 9.17) is 0 Å². The Morgan fingerprint density at radius 2 is 1.62 bits per heavy atom. The maximum absolute atomic E-state index is 2.39. The molecule has 0 unspecified atom stereocenters. The zero-order chi connectivity index (χ0) is 5.66. The second-order valence-electron chi connectivity index (χ2n) is 2.27. The van der Waals surface area contributed by atoms with Crippen LogP contribution in [0, 0.1) is 6.42 Å². The Morgan fingerprint density at radius 3 is 2.62 bits per heavy atom. The zero-order valence-electron chi connectivity index (χ0n) is 5.27. The molecule has 0 heterocycles. The average Bonchev–Trinajstić information content (AvgIpc) is 1.62. The Morgan fingerprint density at radius 1 is 0.750 bits per heavy atom. The minimum absolute atomic E-state index is 1.26. The van der Waals surface area contributed by atoms with E-state index in [-0.39, 0.29) is 0 Å². The van der Waals surface area contributed by atoms with Crippen LogP contribution in [0.25, 0.3) is 0 Å². The fraction of sp³-hybridized carbons (Fsp3) is 0.625. The summed E-state index contributed by atoms with van der Waals surface area (Å²) < 4.78 is 0. The van der Waals surface area contributed by atoms with Crippen molar-refractivity contribution in [1.82, 2.24) is 0 Å². The molecule has 1 rings (SSSR count). The van der Waals surface area contributed by atoms with Gasteiger partial charge in [-0.05, 0) is 38.5 Å². The highest BCUT2D eigenvalue weighted by Crippen LogP contribution is 2.08. The van der Waals surface area contributed by atoms with E-state index in [1.165, 1.54) is 32.1 Å². The lowest BCUT2D eigenvalue weighted by atomic mass is 10.1. The van der Waals surface area contributed by atoms with Crippen LogP contribution in [-0.4, -0.2) is 0 Å². The Labute approximate surface area is 51.6 Å². The molecule has 0 saturated carbocycles. The van der Waals surface area contributed by atoms with E-state index in [1.54, 1.807) is 0 Å². The zero-order valence-corrected chi connectivity index (χ0v) is 5.27. The average molecular weight is 109 g/mol. The Kier molecular flexibility index (Phi) is 2.72. The summed E-state index contributed by atoms with van der Waals surface area (Å²) in [6.07, 6.45) is 13.5. The van der Waals surface area contributed by atoms with Crippen molar-refractivity contribution in [2.75, 3.05) is 0 Å². The number of allylic oxidation sites excluding steroid dienone is 2. The molecule has 0 heteroatoms. The predicted octanol–water partition coefficient (Wildman–Crippen LogP) is 2.71. The molecule has 0 amide bonds. The molecule has 0 bridgehead atoms. The van der Waals surface area contributed by atoms with Gasteiger partial charge in [-0.2, -0.15) is 0 Å². The van der Waals surface area contributed by atoms with Gasteiger partial charge in [-0.15, -0.1) is 0 Å². The third-order valence-electron chi connectivity index (χ3n) is 1.48. The van der Waals surface area contributed by atoms with Crippen LogP contribution < -0.4 is 0 Å². The molecule has 0 nitrogen and oxygen atoms in total. The predicted molar refractivity (Wildman–Crippen MR) is 36.5 cm³/mol. The van der Waals surface area contributed by atoms with Crippen LogP contribution in [-0.2, 0) is 0 Å². The van der Waals surface area contributed by atoms with Crippen LogP contribution in [0.2, 0.25) is 0 Å². The standard InChI is InChI=1S/C8H13/c1-2-4-6-8-7-5-3-1/h1-2,7H,3-6,8H2/b2-1+. The van der Waals surface area contributed by atoms with Crippen LogP contribution in [0.4, 0.5) is 0 Å². The Bertz CT molecular complexity index is 62.1. The van der Waals surface area contributed by atoms with Gasteiger partial charge in [0.2, 0.25) is 0 Å². The second-order valence-corrected chi connectivity index (χ2v) is 2.27. The summed E-state index contributed by atoms with van der Waals surface area (Å²) in [6.45, 7) is 0. The van der Waals surface area contributed by atoms with Crippen molar-refractivity contribution < 1.29 is 0 Å². The molecule has 1 aliphatic carbocycles. The number of hydrogen-bond donors (Lipinski definition) is 0. The van der Waals surface area contributed by atoms with Crippen molar-refractivity contribution in [3.8, 4) is 0 Å². The summed E-state index contributed by atoms with van der Waals surface area (Å²) in [7, 11) is 0. The maximum Gasteiger partial charge on any atom is -0.0348 e. The van der Waals surface area contributed by atoms with Gasteiger partial charge in [-0.3, -0.25) is 0 Å². The van der Waals surface area contributed by atoms with Crippen LogP contribution >= 0.6 is 0 Å². The molecule has 0 spiro atoms. The molecule has 1 aliphatic rings. The fourth-order valence-electron chi connectivity index (χ4n) is 0.974. The largest absolute Gasteiger partial charge is 0.0885 e. The highest BCUT2D eigenvalue weighted by Gasteiger charge is 1.90. The number of rotatable bonds is 0. The highest BCUT2D eigenvalue weighted by atomic mass is 14.0. The van der Waals surface area contributed by atoms with Gasteiger partial charge < -0.3 is 0 Å². The molecule has 0 aromatic heterocycles. The van der Waals surface area contributed by atoms with E-state index < -0.39 is 0 Å². The van der Waals surface area contributed by atoms with E-state index in [0.717, 1.165) is 0 Å². The quantitative estimate of drug-likeness (QED) is 0.419. The van der Waals surface area contributed by atoms with Gasteiger partial charge in [0.15, 0.2) is 0 Å². The minimum atomic E-state index is 1.26. The molecular weight excluding hydrogens is 96.1 g/mol. The first-order valence-corrected chi connectivity index (χ1v) is 3.47. The van der Waals surface area contributed by atoms with Gasteiger partial charge >= 0.3 is 0 Å². The highest BCUT2D eigenvalue weighted by molar-refractivity contribution is 4.86. The first kappa shape index (κ1) is 5.87. The third-order valence-corrected chi connectivity index (χ3v) is 1.48. The van der Waals surface area contributed by atoms with E-state index in [0.29, 0.717) is 0 Å². The van der Waals surface area contributed by atoms with Gasteiger partial charge in [0.1, 0.15) is 0 Å². The Balaban J connectivity index is 2.17. The van der Waals surface area contributed by atoms with Gasteiger partial charge in [0, 0.05) is 0 Å². The second kappa shape index (κ2) is 3.71. The molecule has 0 atom stereocenters. The lowest BCUT2D eigenvalue weighted by Crippen LogP contribution is -1.81. The van der Waals surface area contributed by atoms with Crippen LogP contribution in [0.5, 0.6) is 0 Å². The van der Waals surface area contributed by atoms with E-state index in [1.807, 2.05) is 0 Å². The minimum Gasteiger partial charge on any atom is -0.0885 e. The van der Waals surface area contributed by atoms with Crippen LogP contribution in [0.3, 0.4) is 0 Å². The Hall–Kier alpha value is -0.260. The first-order chi connectivity index (χ1) is 4.00. The van der Waals surface area contributed by atoms with Crippen molar-refractivity contribution in [1.29, 1.82) is 0 Å². The normalized spacial score (nSPS) is 26.0. The summed E-state index contributed by atoms with van der Waals surface area (Å²) in [6, 6.07) is 0. The van der Waals surface area contributed by atoms with Crippen molar-refractivity contribution in [3.63, 3.8) is 0 Å². The van der Waals surface area contributed by atoms with Crippen molar-refractivity contribution in [2.45, 2.75) is 32.1 Å². The summed E-state index contributed by atoms with van der Waals surface area (Å²) in [5.74, 6) is 0. The van der Waals surface area contributed by atoms with E-state index in [2.05, 4.69) is 18.6 Å². The molecule has 45 valence electrons. The van der Waals surface area contributed by atoms with E-state index in [9.17, 15) is 0 Å². The fourth-order valence-corrected chi connectivity index (χ4v) is 0.974. The summed E-state index contributed by atoms with van der Waals surface area (Å²) in [5, 5.41) is 0. The monoisotopic (exact) mass is 109 g/mol. The van der Waals surface area contributed by atoms with Crippen molar-refractivity contribution >= 4 is 0 Å². The molecule has 0 aliphatic heterocycles. The summed E-state index contributed by atoms with van der Waals surface area (Å²) >= 11 is 0. The molecular formula is C8H13. The lowest BCUT2D eigenvalue weighted by Gasteiger charge is -1.99. The molecule has 0 aromatic carbocycles. The van der Waals surface area contributed by atoms with Crippen molar-refractivity contribution in [2.24, 2.45) is 0 Å². The SMILES string of the molecule is [CH]1CC/C=C/CCC1. The van der Waals surface area contributed by atoms with Gasteiger partial charge in [0.05, 0.1) is 0 Å². The number of hydrogen-bond acceptors (Lipinski definition) is 0. The molecule has 0 N–H and O–H groups in total. The summed E-state index contributed by atoms with van der Waals surface area (Å²) in [5.41, 5.74) is 0. The van der Waals surface area contributed by atoms with Crippen LogP contribution in [0.1, 0.15) is 32.1 Å². The molecule has 0 aromatic rings. The van der Waals surface area contributed by atoms with Gasteiger partial charge in [-0.25, -0.2) is 0 Å². The smallest absolute Gasteiger partial charge is 0.0348 e. The molecule has 0 saturated heterocycles. The lowest BCUT2D eigenvalue weighted by molar-refractivity contribution is 0.758.